The summed E-state index contributed by atoms with van der Waals surface area (Å²) in [4.78, 5) is 0. The van der Waals surface area contributed by atoms with Crippen LogP contribution in [0.4, 0.5) is 0 Å². The Bertz CT molecular complexity index is 537. The molecule has 0 unspecified atom stereocenters. The Morgan fingerprint density at radius 2 is 1.89 bits per heavy atom. The number of nitrogens with two attached hydrogens (primary N) is 1. The third-order valence-electron chi connectivity index (χ3n) is 3.08. The molecule has 102 valence electrons. The molecule has 0 saturated carbocycles. The predicted molar refractivity (Wildman–Crippen MR) is 78.5 cm³/mol. The van der Waals surface area contributed by atoms with E-state index >= 15 is 0 Å². The maximum Gasteiger partial charge on any atom is 0.131 e. The van der Waals surface area contributed by atoms with Gasteiger partial charge in [0, 0.05) is 23.6 Å². The SMILES string of the molecule is CCOCCOc1c([C@H](C)N)ccc2ccccc12. The normalized spacial score (nSPS) is 12.6. The van der Waals surface area contributed by atoms with Crippen LogP contribution < -0.4 is 10.5 Å². The number of rotatable bonds is 6. The molecule has 2 aromatic rings. The molecule has 3 nitrogen and oxygen atoms in total. The lowest BCUT2D eigenvalue weighted by Crippen LogP contribution is -2.11. The predicted octanol–water partition coefficient (Wildman–Crippen LogP) is 3.27. The molecule has 2 N–H and O–H groups in total. The fourth-order valence-electron chi connectivity index (χ4n) is 2.13. The zero-order valence-corrected chi connectivity index (χ0v) is 11.6. The summed E-state index contributed by atoms with van der Waals surface area (Å²) in [6, 6.07) is 12.3. The fraction of sp³-hybridized carbons (Fsp3) is 0.375. The summed E-state index contributed by atoms with van der Waals surface area (Å²) in [6.45, 7) is 5.80. The van der Waals surface area contributed by atoms with Crippen LogP contribution in [0.1, 0.15) is 25.5 Å². The molecule has 0 saturated heterocycles. The molecule has 3 heteroatoms. The van der Waals surface area contributed by atoms with Crippen molar-refractivity contribution in [3.63, 3.8) is 0 Å². The number of fused-ring (bicyclic) bond motifs is 1. The zero-order chi connectivity index (χ0) is 13.7. The van der Waals surface area contributed by atoms with Crippen LogP contribution in [0.5, 0.6) is 5.75 Å². The maximum absolute atomic E-state index is 6.02. The molecule has 2 rings (SSSR count). The minimum Gasteiger partial charge on any atom is -0.490 e. The monoisotopic (exact) mass is 259 g/mol. The van der Waals surface area contributed by atoms with Gasteiger partial charge < -0.3 is 15.2 Å². The van der Waals surface area contributed by atoms with E-state index in [1.165, 1.54) is 5.39 Å². The van der Waals surface area contributed by atoms with Crippen LogP contribution in [0.3, 0.4) is 0 Å². The smallest absolute Gasteiger partial charge is 0.131 e. The van der Waals surface area contributed by atoms with Crippen LogP contribution in [-0.4, -0.2) is 19.8 Å². The molecule has 0 radical (unpaired) electrons. The van der Waals surface area contributed by atoms with Gasteiger partial charge in [0.05, 0.1) is 6.61 Å². The Balaban J connectivity index is 2.33. The summed E-state index contributed by atoms with van der Waals surface area (Å²) in [7, 11) is 0. The molecule has 0 fully saturated rings. The Labute approximate surface area is 114 Å². The van der Waals surface area contributed by atoms with Gasteiger partial charge in [0.25, 0.3) is 0 Å². The van der Waals surface area contributed by atoms with E-state index in [1.54, 1.807) is 0 Å². The van der Waals surface area contributed by atoms with E-state index in [9.17, 15) is 0 Å². The van der Waals surface area contributed by atoms with Crippen LogP contribution in [0, 0.1) is 0 Å². The molecule has 0 aliphatic rings. The van der Waals surface area contributed by atoms with Crippen molar-refractivity contribution >= 4 is 10.8 Å². The highest BCUT2D eigenvalue weighted by atomic mass is 16.5. The summed E-state index contributed by atoms with van der Waals surface area (Å²) in [5.41, 5.74) is 7.06. The topological polar surface area (TPSA) is 44.5 Å². The molecule has 0 aliphatic heterocycles. The highest BCUT2D eigenvalue weighted by molar-refractivity contribution is 5.89. The van der Waals surface area contributed by atoms with E-state index < -0.39 is 0 Å². The van der Waals surface area contributed by atoms with Gasteiger partial charge in [0.15, 0.2) is 0 Å². The third-order valence-corrected chi connectivity index (χ3v) is 3.08. The summed E-state index contributed by atoms with van der Waals surface area (Å²) < 4.78 is 11.2. The minimum atomic E-state index is -0.0494. The van der Waals surface area contributed by atoms with Crippen molar-refractivity contribution in [2.45, 2.75) is 19.9 Å². The van der Waals surface area contributed by atoms with Gasteiger partial charge in [-0.25, -0.2) is 0 Å². The third kappa shape index (κ3) is 3.25. The molecule has 0 aromatic heterocycles. The number of benzene rings is 2. The molecule has 0 spiro atoms. The zero-order valence-electron chi connectivity index (χ0n) is 11.6. The highest BCUT2D eigenvalue weighted by Gasteiger charge is 2.11. The molecule has 1 atom stereocenters. The maximum atomic E-state index is 6.02. The van der Waals surface area contributed by atoms with E-state index in [-0.39, 0.29) is 6.04 Å². The van der Waals surface area contributed by atoms with Crippen molar-refractivity contribution in [3.05, 3.63) is 42.0 Å². The largest absolute Gasteiger partial charge is 0.490 e. The lowest BCUT2D eigenvalue weighted by atomic mass is 10.0. The Kier molecular flexibility index (Phi) is 4.77. The van der Waals surface area contributed by atoms with Crippen LogP contribution in [0.15, 0.2) is 36.4 Å². The first-order chi connectivity index (χ1) is 9.24. The summed E-state index contributed by atoms with van der Waals surface area (Å²) >= 11 is 0. The first-order valence-corrected chi connectivity index (χ1v) is 6.71. The fourth-order valence-corrected chi connectivity index (χ4v) is 2.13. The molecular weight excluding hydrogens is 238 g/mol. The van der Waals surface area contributed by atoms with E-state index in [0.717, 1.165) is 16.7 Å². The first kappa shape index (κ1) is 13.8. The van der Waals surface area contributed by atoms with Gasteiger partial charge in [-0.2, -0.15) is 0 Å². The summed E-state index contributed by atoms with van der Waals surface area (Å²) in [6.07, 6.45) is 0. The highest BCUT2D eigenvalue weighted by Crippen LogP contribution is 2.32. The molecule has 0 aliphatic carbocycles. The van der Waals surface area contributed by atoms with Gasteiger partial charge in [-0.15, -0.1) is 0 Å². The van der Waals surface area contributed by atoms with Gasteiger partial charge in [0.2, 0.25) is 0 Å². The van der Waals surface area contributed by atoms with Gasteiger partial charge in [0.1, 0.15) is 12.4 Å². The van der Waals surface area contributed by atoms with Gasteiger partial charge >= 0.3 is 0 Å². The number of ether oxygens (including phenoxy) is 2. The van der Waals surface area contributed by atoms with Crippen molar-refractivity contribution in [1.82, 2.24) is 0 Å². The lowest BCUT2D eigenvalue weighted by Gasteiger charge is -2.16. The Morgan fingerprint density at radius 1 is 1.11 bits per heavy atom. The quantitative estimate of drug-likeness (QED) is 0.810. The molecule has 2 aromatic carbocycles. The van der Waals surface area contributed by atoms with E-state index in [2.05, 4.69) is 18.2 Å². The number of hydrogen-bond donors (Lipinski definition) is 1. The van der Waals surface area contributed by atoms with Crippen LogP contribution in [0.25, 0.3) is 10.8 Å². The molecular formula is C16H21NO2. The summed E-state index contributed by atoms with van der Waals surface area (Å²) in [5, 5.41) is 2.27. The minimum absolute atomic E-state index is 0.0494. The first-order valence-electron chi connectivity index (χ1n) is 6.71. The van der Waals surface area contributed by atoms with Gasteiger partial charge in [-0.3, -0.25) is 0 Å². The Hall–Kier alpha value is -1.58. The van der Waals surface area contributed by atoms with Crippen molar-refractivity contribution in [2.24, 2.45) is 5.73 Å². The van der Waals surface area contributed by atoms with Crippen molar-refractivity contribution in [3.8, 4) is 5.75 Å². The standard InChI is InChI=1S/C16H21NO2/c1-3-18-10-11-19-16-14(12(2)17)9-8-13-6-4-5-7-15(13)16/h4-9,12H,3,10-11,17H2,1-2H3/t12-/m0/s1. The van der Waals surface area contributed by atoms with E-state index in [4.69, 9.17) is 15.2 Å². The average Bonchev–Trinajstić information content (AvgIpc) is 2.43. The lowest BCUT2D eigenvalue weighted by molar-refractivity contribution is 0.110. The molecule has 0 heterocycles. The van der Waals surface area contributed by atoms with Crippen LogP contribution in [0.2, 0.25) is 0 Å². The van der Waals surface area contributed by atoms with Gasteiger partial charge in [-0.05, 0) is 19.2 Å². The van der Waals surface area contributed by atoms with E-state index in [1.807, 2.05) is 32.0 Å². The van der Waals surface area contributed by atoms with E-state index in [0.29, 0.717) is 19.8 Å². The van der Waals surface area contributed by atoms with Crippen molar-refractivity contribution in [1.29, 1.82) is 0 Å². The number of hydrogen-bond acceptors (Lipinski definition) is 3. The Morgan fingerprint density at radius 3 is 2.63 bits per heavy atom. The average molecular weight is 259 g/mol. The van der Waals surface area contributed by atoms with Crippen molar-refractivity contribution in [2.75, 3.05) is 19.8 Å². The van der Waals surface area contributed by atoms with Crippen molar-refractivity contribution < 1.29 is 9.47 Å². The van der Waals surface area contributed by atoms with Crippen LogP contribution in [-0.2, 0) is 4.74 Å². The molecule has 0 amide bonds. The van der Waals surface area contributed by atoms with Crippen LogP contribution >= 0.6 is 0 Å². The molecule has 0 bridgehead atoms. The second-order valence-electron chi connectivity index (χ2n) is 4.54. The second kappa shape index (κ2) is 6.55. The van der Waals surface area contributed by atoms with Gasteiger partial charge in [-0.1, -0.05) is 36.4 Å². The summed E-state index contributed by atoms with van der Waals surface area (Å²) in [5.74, 6) is 0.882. The molecule has 19 heavy (non-hydrogen) atoms. The second-order valence-corrected chi connectivity index (χ2v) is 4.54.